The molecule has 1 aliphatic rings. The van der Waals surface area contributed by atoms with Gasteiger partial charge in [0, 0.05) is 25.8 Å². The van der Waals surface area contributed by atoms with E-state index in [1.165, 1.54) is 0 Å². The Balaban J connectivity index is 2.28. The number of ether oxygens (including phenoxy) is 3. The van der Waals surface area contributed by atoms with Crippen molar-refractivity contribution in [1.29, 1.82) is 0 Å². The molecule has 5 N–H and O–H groups in total. The van der Waals surface area contributed by atoms with Gasteiger partial charge in [0.2, 0.25) is 23.6 Å². The molecule has 0 aromatic rings. The van der Waals surface area contributed by atoms with Crippen LogP contribution >= 0.6 is 0 Å². The minimum atomic E-state index is -0.944. The average Bonchev–Trinajstić information content (AvgIpc) is 2.86. The quantitative estimate of drug-likeness (QED) is 0.0854. The summed E-state index contributed by atoms with van der Waals surface area (Å²) < 4.78 is 16.1. The molecule has 4 atom stereocenters. The zero-order valence-electron chi connectivity index (χ0n) is 20.8. The fraction of sp³-hybridized carbons (Fsp3) is 0.727. The number of aliphatic hydroxyl groups excluding tert-OH is 2. The van der Waals surface area contributed by atoms with E-state index in [9.17, 15) is 39.0 Å². The highest BCUT2D eigenvalue weighted by molar-refractivity contribution is 5.91. The highest BCUT2D eigenvalue weighted by atomic mass is 16.7. The Kier molecular flexibility index (Phi) is 15.8. The van der Waals surface area contributed by atoms with Crippen LogP contribution in [0.3, 0.4) is 0 Å². The third kappa shape index (κ3) is 13.8. The minimum absolute atomic E-state index is 0.129. The van der Waals surface area contributed by atoms with Gasteiger partial charge in [-0.2, -0.15) is 0 Å². The Morgan fingerprint density at radius 1 is 0.892 bits per heavy atom. The first-order valence-corrected chi connectivity index (χ1v) is 11.8. The maximum Gasteiger partial charge on any atom is 0.239 e. The molecule has 15 nitrogen and oxygen atoms in total. The maximum atomic E-state index is 12.5. The number of carbonyl (C=O) groups excluding carboxylic acids is 6. The number of carbonyl (C=O) groups is 6. The van der Waals surface area contributed by atoms with Gasteiger partial charge in [-0.1, -0.05) is 0 Å². The van der Waals surface area contributed by atoms with Gasteiger partial charge in [0.1, 0.15) is 31.8 Å². The molecule has 1 rings (SSSR count). The van der Waals surface area contributed by atoms with E-state index in [0.717, 1.165) is 4.90 Å². The molecule has 1 saturated heterocycles. The third-order valence-corrected chi connectivity index (χ3v) is 5.12. The van der Waals surface area contributed by atoms with E-state index in [2.05, 4.69) is 16.0 Å². The number of aldehydes is 2. The summed E-state index contributed by atoms with van der Waals surface area (Å²) in [5, 5.41) is 26.5. The summed E-state index contributed by atoms with van der Waals surface area (Å²) in [6.07, 6.45) is -2.42. The van der Waals surface area contributed by atoms with Gasteiger partial charge in [-0.25, -0.2) is 0 Å². The van der Waals surface area contributed by atoms with Crippen molar-refractivity contribution in [3.05, 3.63) is 0 Å². The largest absolute Gasteiger partial charge is 0.390 e. The Morgan fingerprint density at radius 3 is 2.11 bits per heavy atom. The molecule has 0 radical (unpaired) electrons. The van der Waals surface area contributed by atoms with Gasteiger partial charge in [0.05, 0.1) is 45.1 Å². The predicted molar refractivity (Wildman–Crippen MR) is 125 cm³/mol. The summed E-state index contributed by atoms with van der Waals surface area (Å²) in [5.74, 6) is -2.41. The van der Waals surface area contributed by atoms with Crippen LogP contribution in [-0.4, -0.2) is 128 Å². The molecule has 4 amide bonds. The Labute approximate surface area is 214 Å². The van der Waals surface area contributed by atoms with Crippen LogP contribution in [0, 0.1) is 0 Å². The van der Waals surface area contributed by atoms with Gasteiger partial charge in [0.25, 0.3) is 0 Å². The summed E-state index contributed by atoms with van der Waals surface area (Å²) in [6.45, 7) is 0.785. The van der Waals surface area contributed by atoms with Crippen LogP contribution < -0.4 is 16.0 Å². The van der Waals surface area contributed by atoms with E-state index in [4.69, 9.17) is 14.2 Å². The molecule has 1 aliphatic heterocycles. The lowest BCUT2D eigenvalue weighted by molar-refractivity contribution is -0.263. The Bertz CT molecular complexity index is 741. The normalized spacial score (nSPS) is 20.9. The second-order valence-electron chi connectivity index (χ2n) is 8.10. The first-order valence-electron chi connectivity index (χ1n) is 11.8. The predicted octanol–water partition coefficient (Wildman–Crippen LogP) is -3.77. The van der Waals surface area contributed by atoms with Crippen LogP contribution in [0.15, 0.2) is 0 Å². The first-order chi connectivity index (χ1) is 17.7. The smallest absolute Gasteiger partial charge is 0.239 e. The van der Waals surface area contributed by atoms with Crippen molar-refractivity contribution >= 4 is 36.2 Å². The lowest BCUT2D eigenvalue weighted by atomic mass is 10.0. The summed E-state index contributed by atoms with van der Waals surface area (Å²) >= 11 is 0. The van der Waals surface area contributed by atoms with Gasteiger partial charge >= 0.3 is 0 Å². The van der Waals surface area contributed by atoms with E-state index < -0.39 is 61.3 Å². The zero-order chi connectivity index (χ0) is 27.6. The number of amides is 4. The summed E-state index contributed by atoms with van der Waals surface area (Å²) in [5.41, 5.74) is 0. The monoisotopic (exact) mass is 532 g/mol. The number of nitrogens with zero attached hydrogens (tertiary/aromatic N) is 1. The summed E-state index contributed by atoms with van der Waals surface area (Å²) in [4.78, 5) is 69.9. The summed E-state index contributed by atoms with van der Waals surface area (Å²) in [7, 11) is 0. The molecule has 0 spiro atoms. The second-order valence-corrected chi connectivity index (χ2v) is 8.10. The third-order valence-electron chi connectivity index (χ3n) is 5.12. The standard InChI is InChI=1S/C22H36N4O11/c1-15-16(29)12-17(30)22(37-15)36-11-10-35-9-6-25-18(31)2-3-21(34)26(13-19(32)23-4-7-27)14-20(33)24-5-8-28/h7-8,15-17,22,29-30H,2-6,9-14H2,1H3,(H,23,32)(H,24,33)(H,25,31)/t15-,16?,17+,22?/m0/s1. The van der Waals surface area contributed by atoms with Crippen LogP contribution in [0.2, 0.25) is 0 Å². The Hall–Kier alpha value is -2.98. The SMILES string of the molecule is C[C@@H]1OC(OCCOCCNC(=O)CCC(=O)N(CC(=O)NCC=O)CC(=O)NCC=O)[C@H](O)CC1O. The molecule has 0 saturated carbocycles. The van der Waals surface area contributed by atoms with Gasteiger partial charge < -0.3 is 54.9 Å². The molecule has 2 unspecified atom stereocenters. The average molecular weight is 533 g/mol. The van der Waals surface area contributed by atoms with Crippen molar-refractivity contribution < 1.29 is 53.2 Å². The van der Waals surface area contributed by atoms with Crippen LogP contribution in [-0.2, 0) is 43.0 Å². The molecular formula is C22H36N4O11. The van der Waals surface area contributed by atoms with Gasteiger partial charge in [0.15, 0.2) is 6.29 Å². The van der Waals surface area contributed by atoms with E-state index in [1.54, 1.807) is 6.92 Å². The van der Waals surface area contributed by atoms with E-state index >= 15 is 0 Å². The van der Waals surface area contributed by atoms with Crippen molar-refractivity contribution in [1.82, 2.24) is 20.9 Å². The fourth-order valence-electron chi connectivity index (χ4n) is 3.15. The van der Waals surface area contributed by atoms with Crippen LogP contribution in [0.4, 0.5) is 0 Å². The van der Waals surface area contributed by atoms with E-state index in [0.29, 0.717) is 12.6 Å². The van der Waals surface area contributed by atoms with Crippen molar-refractivity contribution in [2.24, 2.45) is 0 Å². The molecule has 15 heteroatoms. The van der Waals surface area contributed by atoms with Crippen molar-refractivity contribution in [3.8, 4) is 0 Å². The molecule has 1 fully saturated rings. The number of aliphatic hydroxyl groups is 2. The van der Waals surface area contributed by atoms with Gasteiger partial charge in [-0.05, 0) is 6.92 Å². The van der Waals surface area contributed by atoms with Gasteiger partial charge in [-0.15, -0.1) is 0 Å². The van der Waals surface area contributed by atoms with Crippen molar-refractivity contribution in [2.75, 3.05) is 52.5 Å². The molecular weight excluding hydrogens is 496 g/mol. The van der Waals surface area contributed by atoms with Crippen LogP contribution in [0.5, 0.6) is 0 Å². The zero-order valence-corrected chi connectivity index (χ0v) is 20.8. The lowest BCUT2D eigenvalue weighted by Gasteiger charge is -2.35. The number of hydrogen-bond acceptors (Lipinski definition) is 11. The summed E-state index contributed by atoms with van der Waals surface area (Å²) in [6, 6.07) is 0. The maximum absolute atomic E-state index is 12.5. The molecule has 37 heavy (non-hydrogen) atoms. The minimum Gasteiger partial charge on any atom is -0.390 e. The number of hydrogen-bond donors (Lipinski definition) is 5. The van der Waals surface area contributed by atoms with E-state index in [-0.39, 0.29) is 58.7 Å². The lowest BCUT2D eigenvalue weighted by Crippen LogP contribution is -2.47. The molecule has 0 aromatic carbocycles. The van der Waals surface area contributed by atoms with Gasteiger partial charge in [-0.3, -0.25) is 19.2 Å². The van der Waals surface area contributed by atoms with E-state index in [1.807, 2.05) is 0 Å². The van der Waals surface area contributed by atoms with Crippen LogP contribution in [0.25, 0.3) is 0 Å². The highest BCUT2D eigenvalue weighted by Gasteiger charge is 2.34. The molecule has 210 valence electrons. The molecule has 0 aromatic heterocycles. The van der Waals surface area contributed by atoms with Crippen molar-refractivity contribution in [3.63, 3.8) is 0 Å². The topological polar surface area (TPSA) is 210 Å². The Morgan fingerprint density at radius 2 is 1.51 bits per heavy atom. The molecule has 1 heterocycles. The first kappa shape index (κ1) is 32.0. The number of nitrogens with one attached hydrogen (secondary N) is 3. The molecule has 0 bridgehead atoms. The van der Waals surface area contributed by atoms with Crippen LogP contribution in [0.1, 0.15) is 26.2 Å². The highest BCUT2D eigenvalue weighted by Crippen LogP contribution is 2.20. The number of rotatable bonds is 18. The molecule has 0 aliphatic carbocycles. The van der Waals surface area contributed by atoms with Crippen molar-refractivity contribution in [2.45, 2.75) is 50.8 Å². The second kappa shape index (κ2) is 18.3. The fourth-order valence-corrected chi connectivity index (χ4v) is 3.15.